The number of fused-ring (bicyclic) bond motifs is 1. The van der Waals surface area contributed by atoms with Crippen molar-refractivity contribution in [2.45, 2.75) is 45.1 Å². The number of rotatable bonds is 4. The third-order valence-electron chi connectivity index (χ3n) is 4.44. The first-order valence-corrected chi connectivity index (χ1v) is 7.49. The molecule has 0 spiro atoms. The summed E-state index contributed by atoms with van der Waals surface area (Å²) in [4.78, 5) is 2.49. The van der Waals surface area contributed by atoms with E-state index in [-0.39, 0.29) is 0 Å². The lowest BCUT2D eigenvalue weighted by molar-refractivity contribution is 0.103. The van der Waals surface area contributed by atoms with Crippen LogP contribution in [0, 0.1) is 6.92 Å². The summed E-state index contributed by atoms with van der Waals surface area (Å²) in [6.07, 6.45) is 6.60. The molecule has 3 rings (SSSR count). The summed E-state index contributed by atoms with van der Waals surface area (Å²) >= 11 is 0. The summed E-state index contributed by atoms with van der Waals surface area (Å²) in [7, 11) is 0. The monoisotopic (exact) mass is 260 g/mol. The van der Waals surface area contributed by atoms with Gasteiger partial charge in [0.2, 0.25) is 0 Å². The molecule has 0 bridgehead atoms. The van der Waals surface area contributed by atoms with E-state index in [1.165, 1.54) is 42.5 Å². The van der Waals surface area contributed by atoms with Gasteiger partial charge < -0.3 is 15.4 Å². The standard InChI is InChI=1S/C16H24N2O/c1-12-10-13-6-8-18(16(13)11-15(12)17)7-2-4-14-5-3-9-19-14/h10-11,14H,2-9,17H2,1H3. The van der Waals surface area contributed by atoms with Gasteiger partial charge in [-0.15, -0.1) is 0 Å². The molecule has 1 aromatic rings. The molecule has 2 aliphatic rings. The molecule has 0 aliphatic carbocycles. The number of ether oxygens (including phenoxy) is 1. The van der Waals surface area contributed by atoms with Crippen molar-refractivity contribution in [1.29, 1.82) is 0 Å². The van der Waals surface area contributed by atoms with Crippen LogP contribution < -0.4 is 10.6 Å². The number of nitrogens with zero attached hydrogens (tertiary/aromatic N) is 1. The quantitative estimate of drug-likeness (QED) is 0.846. The SMILES string of the molecule is Cc1cc2c(cc1N)N(CCCC1CCCO1)CC2. The highest BCUT2D eigenvalue weighted by molar-refractivity contribution is 5.67. The minimum Gasteiger partial charge on any atom is -0.398 e. The van der Waals surface area contributed by atoms with Crippen molar-refractivity contribution in [2.75, 3.05) is 30.3 Å². The van der Waals surface area contributed by atoms with Crippen molar-refractivity contribution in [1.82, 2.24) is 0 Å². The smallest absolute Gasteiger partial charge is 0.0576 e. The van der Waals surface area contributed by atoms with Gasteiger partial charge in [0.15, 0.2) is 0 Å². The highest BCUT2D eigenvalue weighted by Gasteiger charge is 2.21. The molecule has 1 aromatic carbocycles. The fourth-order valence-corrected chi connectivity index (χ4v) is 3.26. The summed E-state index contributed by atoms with van der Waals surface area (Å²) in [6, 6.07) is 4.41. The van der Waals surface area contributed by atoms with E-state index in [2.05, 4.69) is 24.0 Å². The zero-order valence-electron chi connectivity index (χ0n) is 11.8. The van der Waals surface area contributed by atoms with E-state index in [1.54, 1.807) is 0 Å². The average Bonchev–Trinajstić information content (AvgIpc) is 3.02. The van der Waals surface area contributed by atoms with Crippen LogP contribution in [0.25, 0.3) is 0 Å². The highest BCUT2D eigenvalue weighted by Crippen LogP contribution is 2.32. The van der Waals surface area contributed by atoms with Crippen LogP contribution in [0.4, 0.5) is 11.4 Å². The molecule has 104 valence electrons. The van der Waals surface area contributed by atoms with E-state index >= 15 is 0 Å². The molecule has 1 saturated heterocycles. The Kier molecular flexibility index (Phi) is 3.65. The second kappa shape index (κ2) is 5.41. The lowest BCUT2D eigenvalue weighted by Crippen LogP contribution is -2.23. The van der Waals surface area contributed by atoms with Gasteiger partial charge in [-0.25, -0.2) is 0 Å². The van der Waals surface area contributed by atoms with Gasteiger partial charge >= 0.3 is 0 Å². The molecule has 1 unspecified atom stereocenters. The second-order valence-corrected chi connectivity index (χ2v) is 5.85. The molecule has 19 heavy (non-hydrogen) atoms. The van der Waals surface area contributed by atoms with Gasteiger partial charge in [0.1, 0.15) is 0 Å². The number of nitrogens with two attached hydrogens (primary N) is 1. The molecule has 2 aliphatic heterocycles. The van der Waals surface area contributed by atoms with Crippen molar-refractivity contribution in [3.63, 3.8) is 0 Å². The van der Waals surface area contributed by atoms with Crippen LogP contribution in [0.2, 0.25) is 0 Å². The molecule has 3 nitrogen and oxygen atoms in total. The summed E-state index contributed by atoms with van der Waals surface area (Å²) in [5.41, 5.74) is 11.0. The topological polar surface area (TPSA) is 38.5 Å². The Balaban J connectivity index is 1.57. The zero-order chi connectivity index (χ0) is 13.2. The summed E-state index contributed by atoms with van der Waals surface area (Å²) in [5.74, 6) is 0. The minimum atomic E-state index is 0.519. The Labute approximate surface area is 115 Å². The molecule has 0 amide bonds. The average molecular weight is 260 g/mol. The number of hydrogen-bond acceptors (Lipinski definition) is 3. The fraction of sp³-hybridized carbons (Fsp3) is 0.625. The predicted octanol–water partition coefficient (Wildman–Crippen LogP) is 2.90. The van der Waals surface area contributed by atoms with E-state index < -0.39 is 0 Å². The second-order valence-electron chi connectivity index (χ2n) is 5.85. The minimum absolute atomic E-state index is 0.519. The maximum Gasteiger partial charge on any atom is 0.0576 e. The molecule has 1 atom stereocenters. The van der Waals surface area contributed by atoms with Crippen LogP contribution in [0.1, 0.15) is 36.8 Å². The normalized spacial score (nSPS) is 21.9. The van der Waals surface area contributed by atoms with E-state index in [1.807, 2.05) is 0 Å². The highest BCUT2D eigenvalue weighted by atomic mass is 16.5. The number of benzene rings is 1. The molecule has 2 N–H and O–H groups in total. The van der Waals surface area contributed by atoms with Crippen molar-refractivity contribution >= 4 is 11.4 Å². The number of nitrogen functional groups attached to an aromatic ring is 1. The first-order chi connectivity index (χ1) is 9.24. The van der Waals surface area contributed by atoms with E-state index in [0.717, 1.165) is 31.8 Å². The van der Waals surface area contributed by atoms with Gasteiger partial charge in [-0.1, -0.05) is 6.07 Å². The molecular formula is C16H24N2O. The zero-order valence-corrected chi connectivity index (χ0v) is 11.8. The molecule has 1 fully saturated rings. The van der Waals surface area contributed by atoms with Crippen molar-refractivity contribution < 1.29 is 4.74 Å². The Morgan fingerprint density at radius 2 is 2.32 bits per heavy atom. The van der Waals surface area contributed by atoms with Crippen LogP contribution in [0.5, 0.6) is 0 Å². The van der Waals surface area contributed by atoms with Crippen molar-refractivity contribution in [3.05, 3.63) is 23.3 Å². The third-order valence-corrected chi connectivity index (χ3v) is 4.44. The van der Waals surface area contributed by atoms with E-state index in [4.69, 9.17) is 10.5 Å². The van der Waals surface area contributed by atoms with Gasteiger partial charge in [-0.3, -0.25) is 0 Å². The first kappa shape index (κ1) is 12.8. The van der Waals surface area contributed by atoms with Crippen molar-refractivity contribution in [2.24, 2.45) is 0 Å². The molecule has 0 radical (unpaired) electrons. The van der Waals surface area contributed by atoms with E-state index in [0.29, 0.717) is 6.10 Å². The first-order valence-electron chi connectivity index (χ1n) is 7.49. The van der Waals surface area contributed by atoms with Gasteiger partial charge in [0.05, 0.1) is 6.10 Å². The summed E-state index contributed by atoms with van der Waals surface area (Å²) in [5, 5.41) is 0. The maximum absolute atomic E-state index is 6.04. The largest absolute Gasteiger partial charge is 0.398 e. The van der Waals surface area contributed by atoms with Gasteiger partial charge in [0, 0.05) is 31.1 Å². The lowest BCUT2D eigenvalue weighted by atomic mass is 10.1. The maximum atomic E-state index is 6.04. The molecule has 0 saturated carbocycles. The van der Waals surface area contributed by atoms with Crippen molar-refractivity contribution in [3.8, 4) is 0 Å². The predicted molar refractivity (Wildman–Crippen MR) is 79.7 cm³/mol. The Morgan fingerprint density at radius 1 is 1.42 bits per heavy atom. The van der Waals surface area contributed by atoms with Gasteiger partial charge in [-0.05, 0) is 56.2 Å². The summed E-state index contributed by atoms with van der Waals surface area (Å²) in [6.45, 7) is 5.34. The fourth-order valence-electron chi connectivity index (χ4n) is 3.26. The van der Waals surface area contributed by atoms with Gasteiger partial charge in [-0.2, -0.15) is 0 Å². The summed E-state index contributed by atoms with van der Waals surface area (Å²) < 4.78 is 5.68. The van der Waals surface area contributed by atoms with Crippen LogP contribution in [0.15, 0.2) is 12.1 Å². The number of hydrogen-bond donors (Lipinski definition) is 1. The Bertz CT molecular complexity index is 452. The number of aryl methyl sites for hydroxylation is 1. The third kappa shape index (κ3) is 2.71. The van der Waals surface area contributed by atoms with Gasteiger partial charge in [0.25, 0.3) is 0 Å². The Hall–Kier alpha value is -1.22. The number of anilines is 2. The van der Waals surface area contributed by atoms with Crippen LogP contribution in [-0.2, 0) is 11.2 Å². The Morgan fingerprint density at radius 3 is 3.11 bits per heavy atom. The van der Waals surface area contributed by atoms with Crippen LogP contribution in [-0.4, -0.2) is 25.8 Å². The molecule has 2 heterocycles. The van der Waals surface area contributed by atoms with Crippen LogP contribution >= 0.6 is 0 Å². The molecule has 0 aromatic heterocycles. The molecule has 3 heteroatoms. The molecular weight excluding hydrogens is 236 g/mol. The van der Waals surface area contributed by atoms with Crippen LogP contribution in [0.3, 0.4) is 0 Å². The lowest BCUT2D eigenvalue weighted by Gasteiger charge is -2.21. The van der Waals surface area contributed by atoms with E-state index in [9.17, 15) is 0 Å².